The molecule has 1 aromatic carbocycles. The van der Waals surface area contributed by atoms with E-state index in [0.29, 0.717) is 22.4 Å². The Morgan fingerprint density at radius 1 is 1.45 bits per heavy atom. The minimum Gasteiger partial charge on any atom is -0.333 e. The molecule has 2 aliphatic heterocycles. The number of hydrogen-bond acceptors (Lipinski definition) is 2. The van der Waals surface area contributed by atoms with E-state index in [0.717, 1.165) is 24.1 Å². The second-order valence-corrected chi connectivity index (χ2v) is 7.43. The summed E-state index contributed by atoms with van der Waals surface area (Å²) < 4.78 is 0.767. The second-order valence-electron chi connectivity index (χ2n) is 6.20. The number of fused-ring (bicyclic) bond motifs is 1. The number of carbonyl (C=O) groups excluding carboxylic acids is 1. The molecule has 3 rings (SSSR count). The van der Waals surface area contributed by atoms with Crippen molar-refractivity contribution in [2.45, 2.75) is 19.4 Å². The number of halogens is 2. The van der Waals surface area contributed by atoms with Crippen molar-refractivity contribution in [2.75, 3.05) is 19.6 Å². The van der Waals surface area contributed by atoms with Crippen molar-refractivity contribution in [3.05, 3.63) is 33.3 Å². The van der Waals surface area contributed by atoms with Gasteiger partial charge in [-0.15, -0.1) is 0 Å². The van der Waals surface area contributed by atoms with Gasteiger partial charge in [0.1, 0.15) is 0 Å². The SMILES string of the molecule is CC1(C)C2CNCC2CN1C(=O)c1cccc(Br)c1Cl. The molecule has 0 bridgehead atoms. The van der Waals surface area contributed by atoms with Crippen LogP contribution >= 0.6 is 27.5 Å². The monoisotopic (exact) mass is 356 g/mol. The lowest BCUT2D eigenvalue weighted by Crippen LogP contribution is -2.47. The Labute approximate surface area is 132 Å². The van der Waals surface area contributed by atoms with Crippen molar-refractivity contribution in [2.24, 2.45) is 11.8 Å². The summed E-state index contributed by atoms with van der Waals surface area (Å²) in [7, 11) is 0. The summed E-state index contributed by atoms with van der Waals surface area (Å²) in [6, 6.07) is 5.51. The van der Waals surface area contributed by atoms with Crippen LogP contribution in [0.3, 0.4) is 0 Å². The maximum absolute atomic E-state index is 12.9. The topological polar surface area (TPSA) is 32.3 Å². The normalized spacial score (nSPS) is 27.7. The molecule has 1 aromatic rings. The summed E-state index contributed by atoms with van der Waals surface area (Å²) in [5.41, 5.74) is 0.457. The molecule has 0 aliphatic carbocycles. The van der Waals surface area contributed by atoms with E-state index in [9.17, 15) is 4.79 Å². The van der Waals surface area contributed by atoms with Crippen molar-refractivity contribution in [3.8, 4) is 0 Å². The van der Waals surface area contributed by atoms with Crippen LogP contribution < -0.4 is 5.32 Å². The first-order valence-corrected chi connectivity index (χ1v) is 8.06. The van der Waals surface area contributed by atoms with Crippen LogP contribution in [0.2, 0.25) is 5.02 Å². The Morgan fingerprint density at radius 3 is 2.90 bits per heavy atom. The molecule has 0 spiro atoms. The highest BCUT2D eigenvalue weighted by molar-refractivity contribution is 9.10. The molecule has 5 heteroatoms. The number of hydrogen-bond donors (Lipinski definition) is 1. The smallest absolute Gasteiger partial charge is 0.255 e. The first kappa shape index (κ1) is 14.4. The van der Waals surface area contributed by atoms with Gasteiger partial charge in [0.25, 0.3) is 5.91 Å². The molecule has 2 unspecified atom stereocenters. The van der Waals surface area contributed by atoms with Gasteiger partial charge in [0.05, 0.1) is 10.6 Å². The molecule has 0 radical (unpaired) electrons. The third kappa shape index (κ3) is 2.09. The maximum Gasteiger partial charge on any atom is 0.255 e. The van der Waals surface area contributed by atoms with E-state index in [1.807, 2.05) is 17.0 Å². The summed E-state index contributed by atoms with van der Waals surface area (Å²) in [5.74, 6) is 1.12. The third-order valence-corrected chi connectivity index (χ3v) is 6.08. The predicted molar refractivity (Wildman–Crippen MR) is 84.1 cm³/mol. The molecule has 108 valence electrons. The number of rotatable bonds is 1. The van der Waals surface area contributed by atoms with Gasteiger partial charge >= 0.3 is 0 Å². The summed E-state index contributed by atoms with van der Waals surface area (Å²) in [6.07, 6.45) is 0. The lowest BCUT2D eigenvalue weighted by Gasteiger charge is -2.35. The van der Waals surface area contributed by atoms with Crippen molar-refractivity contribution < 1.29 is 4.79 Å². The first-order chi connectivity index (χ1) is 9.43. The molecule has 1 amide bonds. The van der Waals surface area contributed by atoms with Crippen LogP contribution in [0, 0.1) is 11.8 Å². The zero-order chi connectivity index (χ0) is 14.5. The summed E-state index contributed by atoms with van der Waals surface area (Å²) in [4.78, 5) is 14.9. The van der Waals surface area contributed by atoms with Gasteiger partial charge in [-0.1, -0.05) is 17.7 Å². The highest BCUT2D eigenvalue weighted by Gasteiger charge is 2.51. The molecule has 2 heterocycles. The summed E-state index contributed by atoms with van der Waals surface area (Å²) >= 11 is 9.66. The van der Waals surface area contributed by atoms with Gasteiger partial charge in [-0.25, -0.2) is 0 Å². The average Bonchev–Trinajstić information content (AvgIpc) is 2.95. The molecule has 0 aromatic heterocycles. The Kier molecular flexibility index (Phi) is 3.59. The molecular weight excluding hydrogens is 340 g/mol. The van der Waals surface area contributed by atoms with Crippen molar-refractivity contribution in [1.29, 1.82) is 0 Å². The molecule has 2 saturated heterocycles. The fourth-order valence-corrected chi connectivity index (χ4v) is 4.15. The number of benzene rings is 1. The van der Waals surface area contributed by atoms with Gasteiger partial charge < -0.3 is 10.2 Å². The van der Waals surface area contributed by atoms with E-state index in [1.165, 1.54) is 0 Å². The fraction of sp³-hybridized carbons (Fsp3) is 0.533. The molecule has 2 fully saturated rings. The quantitative estimate of drug-likeness (QED) is 0.837. The zero-order valence-electron chi connectivity index (χ0n) is 11.6. The Morgan fingerprint density at radius 2 is 2.20 bits per heavy atom. The number of nitrogens with one attached hydrogen (secondary N) is 1. The van der Waals surface area contributed by atoms with Crippen molar-refractivity contribution >= 4 is 33.4 Å². The molecule has 3 nitrogen and oxygen atoms in total. The third-order valence-electron chi connectivity index (χ3n) is 4.79. The van der Waals surface area contributed by atoms with Gasteiger partial charge in [-0.3, -0.25) is 4.79 Å². The number of nitrogens with zero attached hydrogens (tertiary/aromatic N) is 1. The van der Waals surface area contributed by atoms with Crippen LogP contribution in [0.4, 0.5) is 0 Å². The van der Waals surface area contributed by atoms with Gasteiger partial charge in [0.15, 0.2) is 0 Å². The molecule has 0 saturated carbocycles. The van der Waals surface area contributed by atoms with Crippen molar-refractivity contribution in [3.63, 3.8) is 0 Å². The minimum atomic E-state index is -0.128. The highest BCUT2D eigenvalue weighted by atomic mass is 79.9. The van der Waals surface area contributed by atoms with Gasteiger partial charge in [0.2, 0.25) is 0 Å². The fourth-order valence-electron chi connectivity index (χ4n) is 3.58. The lowest BCUT2D eigenvalue weighted by molar-refractivity contribution is 0.0603. The first-order valence-electron chi connectivity index (χ1n) is 6.89. The Bertz CT molecular complexity index is 561. The van der Waals surface area contributed by atoms with Crippen LogP contribution in [-0.2, 0) is 0 Å². The standard InChI is InChI=1S/C15H18BrClN2O/c1-15(2)11-7-18-6-9(11)8-19(15)14(20)10-4-3-5-12(16)13(10)17/h3-5,9,11,18H,6-8H2,1-2H3. The zero-order valence-corrected chi connectivity index (χ0v) is 14.0. The molecule has 1 N–H and O–H groups in total. The lowest BCUT2D eigenvalue weighted by atomic mass is 9.84. The van der Waals surface area contributed by atoms with E-state index in [-0.39, 0.29) is 11.4 Å². The molecular formula is C15H18BrClN2O. The molecule has 2 aliphatic rings. The number of amides is 1. The Hall–Kier alpha value is -0.580. The summed E-state index contributed by atoms with van der Waals surface area (Å²) in [6.45, 7) is 7.13. The van der Waals surface area contributed by atoms with Crippen LogP contribution in [0.5, 0.6) is 0 Å². The van der Waals surface area contributed by atoms with E-state index < -0.39 is 0 Å². The summed E-state index contributed by atoms with van der Waals surface area (Å²) in [5, 5.41) is 3.93. The van der Waals surface area contributed by atoms with Crippen LogP contribution in [-0.4, -0.2) is 36.0 Å². The minimum absolute atomic E-state index is 0.0377. The number of carbonyl (C=O) groups is 1. The Balaban J connectivity index is 1.93. The van der Waals surface area contributed by atoms with Gasteiger partial charge in [-0.05, 0) is 53.7 Å². The van der Waals surface area contributed by atoms with Crippen LogP contribution in [0.1, 0.15) is 24.2 Å². The van der Waals surface area contributed by atoms with E-state index in [1.54, 1.807) is 6.07 Å². The van der Waals surface area contributed by atoms with Crippen LogP contribution in [0.15, 0.2) is 22.7 Å². The molecule has 20 heavy (non-hydrogen) atoms. The van der Waals surface area contributed by atoms with E-state index in [4.69, 9.17) is 11.6 Å². The van der Waals surface area contributed by atoms with E-state index >= 15 is 0 Å². The average molecular weight is 358 g/mol. The maximum atomic E-state index is 12.9. The van der Waals surface area contributed by atoms with Gasteiger partial charge in [-0.2, -0.15) is 0 Å². The van der Waals surface area contributed by atoms with Gasteiger partial charge in [0, 0.05) is 29.6 Å². The largest absolute Gasteiger partial charge is 0.333 e. The number of likely N-dealkylation sites (tertiary alicyclic amines) is 1. The predicted octanol–water partition coefficient (Wildman–Crippen LogP) is 3.17. The van der Waals surface area contributed by atoms with E-state index in [2.05, 4.69) is 35.1 Å². The van der Waals surface area contributed by atoms with Crippen molar-refractivity contribution in [1.82, 2.24) is 10.2 Å². The van der Waals surface area contributed by atoms with Crippen LogP contribution in [0.25, 0.3) is 0 Å². The highest BCUT2D eigenvalue weighted by Crippen LogP contribution is 2.42. The molecule has 2 atom stereocenters. The second kappa shape index (κ2) is 5.00.